The van der Waals surface area contributed by atoms with Gasteiger partial charge in [0.25, 0.3) is 0 Å². The Labute approximate surface area is 129 Å². The van der Waals surface area contributed by atoms with Crippen molar-refractivity contribution in [2.24, 2.45) is 0 Å². The van der Waals surface area contributed by atoms with Crippen LogP contribution in [-0.2, 0) is 0 Å². The fraction of sp³-hybridized carbons (Fsp3) is 0.571. The van der Waals surface area contributed by atoms with Crippen LogP contribution in [0.2, 0.25) is 10.0 Å². The summed E-state index contributed by atoms with van der Waals surface area (Å²) in [4.78, 5) is 2.42. The second-order valence-electron chi connectivity index (χ2n) is 4.82. The van der Waals surface area contributed by atoms with E-state index in [1.165, 1.54) is 5.75 Å². The highest BCUT2D eigenvalue weighted by Gasteiger charge is 2.29. The molecule has 1 aromatic carbocycles. The molecular formula is C14H20Cl2N2S. The van der Waals surface area contributed by atoms with Crippen LogP contribution in [-0.4, -0.2) is 42.6 Å². The van der Waals surface area contributed by atoms with E-state index in [2.05, 4.69) is 24.2 Å². The van der Waals surface area contributed by atoms with Gasteiger partial charge in [-0.3, -0.25) is 4.90 Å². The number of thioether (sulfide) groups is 1. The van der Waals surface area contributed by atoms with Crippen LogP contribution in [0.3, 0.4) is 0 Å². The Bertz CT molecular complexity index is 428. The molecule has 1 aliphatic heterocycles. The molecule has 1 heterocycles. The normalized spacial score (nSPS) is 22.4. The van der Waals surface area contributed by atoms with E-state index in [9.17, 15) is 0 Å². The first-order chi connectivity index (χ1) is 9.13. The predicted molar refractivity (Wildman–Crippen MR) is 86.6 cm³/mol. The van der Waals surface area contributed by atoms with E-state index in [0.717, 1.165) is 34.5 Å². The van der Waals surface area contributed by atoms with E-state index in [0.29, 0.717) is 6.04 Å². The van der Waals surface area contributed by atoms with E-state index in [1.54, 1.807) is 0 Å². The largest absolute Gasteiger partial charge is 0.309 e. The minimum atomic E-state index is 0.231. The minimum absolute atomic E-state index is 0.231. The van der Waals surface area contributed by atoms with Gasteiger partial charge in [-0.2, -0.15) is 11.8 Å². The maximum Gasteiger partial charge on any atom is 0.0501 e. The van der Waals surface area contributed by atoms with Gasteiger partial charge in [-0.05, 0) is 37.4 Å². The second kappa shape index (κ2) is 7.19. The van der Waals surface area contributed by atoms with Gasteiger partial charge in [0.15, 0.2) is 0 Å². The van der Waals surface area contributed by atoms with Crippen molar-refractivity contribution in [3.8, 4) is 0 Å². The Hall–Kier alpha value is 0.0700. The highest BCUT2D eigenvalue weighted by Crippen LogP contribution is 2.32. The van der Waals surface area contributed by atoms with E-state index < -0.39 is 0 Å². The smallest absolute Gasteiger partial charge is 0.0501 e. The van der Waals surface area contributed by atoms with Crippen molar-refractivity contribution in [2.75, 3.05) is 31.6 Å². The third-order valence-corrected chi connectivity index (χ3v) is 5.17. The van der Waals surface area contributed by atoms with Crippen molar-refractivity contribution < 1.29 is 0 Å². The summed E-state index contributed by atoms with van der Waals surface area (Å²) in [6.07, 6.45) is 0. The average Bonchev–Trinajstić information content (AvgIpc) is 2.40. The summed E-state index contributed by atoms with van der Waals surface area (Å²) in [6, 6.07) is 6.41. The molecule has 106 valence electrons. The van der Waals surface area contributed by atoms with Gasteiger partial charge in [-0.1, -0.05) is 30.1 Å². The van der Waals surface area contributed by atoms with Gasteiger partial charge in [-0.25, -0.2) is 0 Å². The SMILES string of the molecule is CCNC(c1cc(Cl)ccc1Cl)C1CSCCN1C. The van der Waals surface area contributed by atoms with E-state index >= 15 is 0 Å². The molecule has 2 rings (SSSR count). The molecule has 2 nitrogen and oxygen atoms in total. The molecule has 0 amide bonds. The van der Waals surface area contributed by atoms with Crippen LogP contribution in [0.15, 0.2) is 18.2 Å². The second-order valence-corrected chi connectivity index (χ2v) is 6.82. The Morgan fingerprint density at radius 3 is 2.95 bits per heavy atom. The Morgan fingerprint density at radius 1 is 1.47 bits per heavy atom. The van der Waals surface area contributed by atoms with Crippen molar-refractivity contribution >= 4 is 35.0 Å². The van der Waals surface area contributed by atoms with E-state index in [1.807, 2.05) is 30.0 Å². The first-order valence-electron chi connectivity index (χ1n) is 6.59. The summed E-state index contributed by atoms with van der Waals surface area (Å²) >= 11 is 14.5. The molecule has 1 aliphatic rings. The standard InChI is InChI=1S/C14H20Cl2N2S/c1-3-17-14(13-9-19-7-6-18(13)2)11-8-10(15)4-5-12(11)16/h4-5,8,13-14,17H,3,6-7,9H2,1-2H3. The molecule has 0 spiro atoms. The number of nitrogens with one attached hydrogen (secondary N) is 1. The van der Waals surface area contributed by atoms with Gasteiger partial charge in [0.1, 0.15) is 0 Å². The highest BCUT2D eigenvalue weighted by molar-refractivity contribution is 7.99. The lowest BCUT2D eigenvalue weighted by atomic mass is 9.99. The molecule has 0 aliphatic carbocycles. The first-order valence-corrected chi connectivity index (χ1v) is 8.51. The van der Waals surface area contributed by atoms with Crippen molar-refractivity contribution in [1.29, 1.82) is 0 Å². The fourth-order valence-electron chi connectivity index (χ4n) is 2.48. The maximum absolute atomic E-state index is 6.37. The lowest BCUT2D eigenvalue weighted by Crippen LogP contribution is -2.47. The number of rotatable bonds is 4. The number of hydrogen-bond donors (Lipinski definition) is 1. The molecule has 0 radical (unpaired) electrons. The van der Waals surface area contributed by atoms with Crippen molar-refractivity contribution in [1.82, 2.24) is 10.2 Å². The van der Waals surface area contributed by atoms with Crippen LogP contribution < -0.4 is 5.32 Å². The zero-order valence-corrected chi connectivity index (χ0v) is 13.7. The molecule has 0 aromatic heterocycles. The van der Waals surface area contributed by atoms with Crippen LogP contribution in [0.4, 0.5) is 0 Å². The summed E-state index contributed by atoms with van der Waals surface area (Å²) in [6.45, 7) is 4.17. The van der Waals surface area contributed by atoms with E-state index in [-0.39, 0.29) is 6.04 Å². The first kappa shape index (κ1) is 15.5. The van der Waals surface area contributed by atoms with Crippen LogP contribution in [0.1, 0.15) is 18.5 Å². The van der Waals surface area contributed by atoms with Gasteiger partial charge in [-0.15, -0.1) is 0 Å². The predicted octanol–water partition coefficient (Wildman–Crippen LogP) is 3.69. The summed E-state index contributed by atoms with van der Waals surface area (Å²) in [7, 11) is 2.19. The third-order valence-electron chi connectivity index (χ3n) is 3.55. The third kappa shape index (κ3) is 3.79. The number of hydrogen-bond acceptors (Lipinski definition) is 3. The zero-order valence-electron chi connectivity index (χ0n) is 11.3. The quantitative estimate of drug-likeness (QED) is 0.911. The number of halogens is 2. The maximum atomic E-state index is 6.37. The number of benzene rings is 1. The van der Waals surface area contributed by atoms with Gasteiger partial charge in [0.2, 0.25) is 0 Å². The molecule has 1 fully saturated rings. The summed E-state index contributed by atoms with van der Waals surface area (Å²) in [5.41, 5.74) is 1.11. The molecule has 1 aromatic rings. The monoisotopic (exact) mass is 318 g/mol. The van der Waals surface area contributed by atoms with Crippen molar-refractivity contribution in [3.05, 3.63) is 33.8 Å². The molecule has 19 heavy (non-hydrogen) atoms. The molecule has 5 heteroatoms. The molecule has 1 saturated heterocycles. The molecule has 0 saturated carbocycles. The lowest BCUT2D eigenvalue weighted by Gasteiger charge is -2.38. The van der Waals surface area contributed by atoms with Gasteiger partial charge in [0.05, 0.1) is 6.04 Å². The minimum Gasteiger partial charge on any atom is -0.309 e. The van der Waals surface area contributed by atoms with Crippen molar-refractivity contribution in [3.63, 3.8) is 0 Å². The van der Waals surface area contributed by atoms with Gasteiger partial charge >= 0.3 is 0 Å². The summed E-state index contributed by atoms with van der Waals surface area (Å²) < 4.78 is 0. The Morgan fingerprint density at radius 2 is 2.26 bits per heavy atom. The zero-order chi connectivity index (χ0) is 13.8. The molecule has 2 atom stereocenters. The van der Waals surface area contributed by atoms with Crippen LogP contribution in [0.25, 0.3) is 0 Å². The molecule has 2 unspecified atom stereocenters. The van der Waals surface area contributed by atoms with Gasteiger partial charge < -0.3 is 5.32 Å². The van der Waals surface area contributed by atoms with E-state index in [4.69, 9.17) is 23.2 Å². The molecule has 0 bridgehead atoms. The van der Waals surface area contributed by atoms with Crippen molar-refractivity contribution in [2.45, 2.75) is 19.0 Å². The fourth-order valence-corrected chi connectivity index (χ4v) is 4.17. The molecular weight excluding hydrogens is 299 g/mol. The lowest BCUT2D eigenvalue weighted by molar-refractivity contribution is 0.217. The molecule has 1 N–H and O–H groups in total. The highest BCUT2D eigenvalue weighted by atomic mass is 35.5. The van der Waals surface area contributed by atoms with Crippen LogP contribution in [0.5, 0.6) is 0 Å². The van der Waals surface area contributed by atoms with Gasteiger partial charge in [0, 0.05) is 34.1 Å². The number of nitrogens with zero attached hydrogens (tertiary/aromatic N) is 1. The summed E-state index contributed by atoms with van der Waals surface area (Å²) in [5.74, 6) is 2.33. The Balaban J connectivity index is 2.30. The number of likely N-dealkylation sites (N-methyl/N-ethyl adjacent to an activating group) is 2. The van der Waals surface area contributed by atoms with Crippen LogP contribution >= 0.6 is 35.0 Å². The summed E-state index contributed by atoms with van der Waals surface area (Å²) in [5, 5.41) is 5.10. The van der Waals surface area contributed by atoms with Crippen LogP contribution in [0, 0.1) is 0 Å². The topological polar surface area (TPSA) is 15.3 Å². The average molecular weight is 319 g/mol. The Kier molecular flexibility index (Phi) is 5.85.